The fourth-order valence-electron chi connectivity index (χ4n) is 2.68. The first-order valence-corrected chi connectivity index (χ1v) is 7.74. The van der Waals surface area contributed by atoms with Gasteiger partial charge in [0.05, 0.1) is 12.7 Å². The zero-order valence-corrected chi connectivity index (χ0v) is 13.5. The molecule has 0 aromatic heterocycles. The van der Waals surface area contributed by atoms with Crippen LogP contribution in [0.5, 0.6) is 5.75 Å². The van der Waals surface area contributed by atoms with Gasteiger partial charge in [0.2, 0.25) is 0 Å². The highest BCUT2D eigenvalue weighted by Crippen LogP contribution is 2.27. The number of amides is 1. The Morgan fingerprint density at radius 3 is 2.95 bits per heavy atom. The highest BCUT2D eigenvalue weighted by Gasteiger charge is 2.29. The van der Waals surface area contributed by atoms with Crippen molar-refractivity contribution in [2.24, 2.45) is 11.7 Å². The van der Waals surface area contributed by atoms with Crippen molar-refractivity contribution in [3.8, 4) is 5.75 Å². The maximum Gasteiger partial charge on any atom is 0.257 e. The molecule has 1 saturated heterocycles. The Hall–Kier alpha value is -1.07. The number of hydrogen-bond donors (Lipinski definition) is 1. The minimum absolute atomic E-state index is 0.0275. The molecule has 1 aromatic carbocycles. The molecule has 0 saturated carbocycles. The van der Waals surface area contributed by atoms with E-state index < -0.39 is 0 Å². The van der Waals surface area contributed by atoms with Crippen LogP contribution in [0.4, 0.5) is 0 Å². The number of methoxy groups -OCH3 is 1. The SMILES string of the molecule is CCC1CN(C(=O)c2ccc(Br)cc2OC)CCC1N. The number of ether oxygens (including phenoxy) is 1. The van der Waals surface area contributed by atoms with E-state index in [-0.39, 0.29) is 11.9 Å². The number of hydrogen-bond acceptors (Lipinski definition) is 3. The summed E-state index contributed by atoms with van der Waals surface area (Å²) in [5, 5.41) is 0. The third-order valence-corrected chi connectivity index (χ3v) is 4.49. The van der Waals surface area contributed by atoms with E-state index in [9.17, 15) is 4.79 Å². The molecular weight excluding hydrogens is 320 g/mol. The Balaban J connectivity index is 2.19. The van der Waals surface area contributed by atoms with Gasteiger partial charge in [0, 0.05) is 23.6 Å². The van der Waals surface area contributed by atoms with Gasteiger partial charge in [0.25, 0.3) is 5.91 Å². The fraction of sp³-hybridized carbons (Fsp3) is 0.533. The van der Waals surface area contributed by atoms with Crippen molar-refractivity contribution in [1.29, 1.82) is 0 Å². The van der Waals surface area contributed by atoms with Crippen LogP contribution in [0, 0.1) is 5.92 Å². The number of carbonyl (C=O) groups excluding carboxylic acids is 1. The molecule has 2 unspecified atom stereocenters. The number of likely N-dealkylation sites (tertiary alicyclic amines) is 1. The van der Waals surface area contributed by atoms with Crippen molar-refractivity contribution in [3.63, 3.8) is 0 Å². The number of benzene rings is 1. The predicted molar refractivity (Wildman–Crippen MR) is 83.0 cm³/mol. The summed E-state index contributed by atoms with van der Waals surface area (Å²) in [5.74, 6) is 1.01. The second kappa shape index (κ2) is 6.59. The molecular formula is C15H21BrN2O2. The lowest BCUT2D eigenvalue weighted by Gasteiger charge is -2.36. The topological polar surface area (TPSA) is 55.6 Å². The highest BCUT2D eigenvalue weighted by atomic mass is 79.9. The van der Waals surface area contributed by atoms with Gasteiger partial charge in [0.1, 0.15) is 5.75 Å². The molecule has 1 aliphatic heterocycles. The third kappa shape index (κ3) is 3.15. The molecule has 1 aromatic rings. The molecule has 0 aliphatic carbocycles. The van der Waals surface area contributed by atoms with Crippen molar-refractivity contribution >= 4 is 21.8 Å². The summed E-state index contributed by atoms with van der Waals surface area (Å²) in [7, 11) is 1.58. The number of rotatable bonds is 3. The van der Waals surface area contributed by atoms with E-state index in [0.717, 1.165) is 30.4 Å². The first-order chi connectivity index (χ1) is 9.56. The maximum absolute atomic E-state index is 12.6. The van der Waals surface area contributed by atoms with Gasteiger partial charge in [-0.05, 0) is 30.5 Å². The van der Waals surface area contributed by atoms with Crippen LogP contribution in [0.15, 0.2) is 22.7 Å². The van der Waals surface area contributed by atoms with Crippen molar-refractivity contribution in [1.82, 2.24) is 4.90 Å². The van der Waals surface area contributed by atoms with Crippen LogP contribution in [0.25, 0.3) is 0 Å². The van der Waals surface area contributed by atoms with Crippen LogP contribution in [0.3, 0.4) is 0 Å². The van der Waals surface area contributed by atoms with Gasteiger partial charge in [-0.25, -0.2) is 0 Å². The summed E-state index contributed by atoms with van der Waals surface area (Å²) in [6.07, 6.45) is 1.87. The van der Waals surface area contributed by atoms with Gasteiger partial charge in [-0.15, -0.1) is 0 Å². The zero-order valence-electron chi connectivity index (χ0n) is 11.9. The van der Waals surface area contributed by atoms with E-state index in [2.05, 4.69) is 22.9 Å². The fourth-order valence-corrected chi connectivity index (χ4v) is 3.02. The van der Waals surface area contributed by atoms with Crippen molar-refractivity contribution in [3.05, 3.63) is 28.2 Å². The minimum Gasteiger partial charge on any atom is -0.496 e. The average Bonchev–Trinajstić information content (AvgIpc) is 2.46. The molecule has 2 N–H and O–H groups in total. The van der Waals surface area contributed by atoms with E-state index in [0.29, 0.717) is 17.2 Å². The zero-order chi connectivity index (χ0) is 14.7. The summed E-state index contributed by atoms with van der Waals surface area (Å²) < 4.78 is 6.21. The van der Waals surface area contributed by atoms with Gasteiger partial charge < -0.3 is 15.4 Å². The molecule has 1 amide bonds. The number of piperidine rings is 1. The molecule has 5 heteroatoms. The second-order valence-corrected chi connectivity index (χ2v) is 6.13. The molecule has 0 radical (unpaired) electrons. The lowest BCUT2D eigenvalue weighted by atomic mass is 9.90. The lowest BCUT2D eigenvalue weighted by Crippen LogP contribution is -2.49. The van der Waals surface area contributed by atoms with Crippen LogP contribution >= 0.6 is 15.9 Å². The van der Waals surface area contributed by atoms with Gasteiger partial charge >= 0.3 is 0 Å². The second-order valence-electron chi connectivity index (χ2n) is 5.22. The summed E-state index contributed by atoms with van der Waals surface area (Å²) in [5.41, 5.74) is 6.71. The third-order valence-electron chi connectivity index (χ3n) is 4.00. The number of carbonyl (C=O) groups is 1. The molecule has 110 valence electrons. The standard InChI is InChI=1S/C15H21BrN2O2/c1-3-10-9-18(7-6-13(10)17)15(19)12-5-4-11(16)8-14(12)20-2/h4-5,8,10,13H,3,6-7,9,17H2,1-2H3. The van der Waals surface area contributed by atoms with E-state index in [1.807, 2.05) is 17.0 Å². The largest absolute Gasteiger partial charge is 0.496 e. The summed E-state index contributed by atoms with van der Waals surface area (Å²) in [6.45, 7) is 3.57. The molecule has 20 heavy (non-hydrogen) atoms. The van der Waals surface area contributed by atoms with Gasteiger partial charge in [-0.3, -0.25) is 4.79 Å². The molecule has 2 atom stereocenters. The Morgan fingerprint density at radius 1 is 1.55 bits per heavy atom. The first kappa shape index (κ1) is 15.3. The summed E-state index contributed by atoms with van der Waals surface area (Å²) >= 11 is 3.39. The molecule has 0 bridgehead atoms. The normalized spacial score (nSPS) is 22.7. The summed E-state index contributed by atoms with van der Waals surface area (Å²) in [6, 6.07) is 5.69. The first-order valence-electron chi connectivity index (χ1n) is 6.95. The Labute approximate surface area is 128 Å². The molecule has 1 fully saturated rings. The van der Waals surface area contributed by atoms with E-state index in [1.54, 1.807) is 13.2 Å². The average molecular weight is 341 g/mol. The van der Waals surface area contributed by atoms with Crippen molar-refractivity contribution in [2.75, 3.05) is 20.2 Å². The van der Waals surface area contributed by atoms with Crippen LogP contribution in [0.1, 0.15) is 30.1 Å². The monoisotopic (exact) mass is 340 g/mol. The van der Waals surface area contributed by atoms with E-state index >= 15 is 0 Å². The van der Waals surface area contributed by atoms with Gasteiger partial charge in [0.15, 0.2) is 0 Å². The van der Waals surface area contributed by atoms with Crippen LogP contribution in [-0.4, -0.2) is 37.0 Å². The van der Waals surface area contributed by atoms with Crippen molar-refractivity contribution < 1.29 is 9.53 Å². The number of nitrogens with two attached hydrogens (primary N) is 1. The summed E-state index contributed by atoms with van der Waals surface area (Å²) in [4.78, 5) is 14.5. The van der Waals surface area contributed by atoms with Crippen LogP contribution in [-0.2, 0) is 0 Å². The Kier molecular flexibility index (Phi) is 5.05. The Bertz CT molecular complexity index is 493. The quantitative estimate of drug-likeness (QED) is 0.920. The molecule has 4 nitrogen and oxygen atoms in total. The number of nitrogens with zero attached hydrogens (tertiary/aromatic N) is 1. The Morgan fingerprint density at radius 2 is 2.30 bits per heavy atom. The van der Waals surface area contributed by atoms with Gasteiger partial charge in [-0.2, -0.15) is 0 Å². The van der Waals surface area contributed by atoms with Gasteiger partial charge in [-0.1, -0.05) is 29.3 Å². The van der Waals surface area contributed by atoms with Crippen LogP contribution in [0.2, 0.25) is 0 Å². The van der Waals surface area contributed by atoms with E-state index in [4.69, 9.17) is 10.5 Å². The van der Waals surface area contributed by atoms with Crippen molar-refractivity contribution in [2.45, 2.75) is 25.8 Å². The highest BCUT2D eigenvalue weighted by molar-refractivity contribution is 9.10. The van der Waals surface area contributed by atoms with E-state index in [1.165, 1.54) is 0 Å². The maximum atomic E-state index is 12.6. The smallest absolute Gasteiger partial charge is 0.257 e. The lowest BCUT2D eigenvalue weighted by molar-refractivity contribution is 0.0646. The molecule has 1 aliphatic rings. The van der Waals surface area contributed by atoms with Crippen LogP contribution < -0.4 is 10.5 Å². The molecule has 2 rings (SSSR count). The predicted octanol–water partition coefficient (Wildman–Crippen LogP) is 2.66. The molecule has 0 spiro atoms. The molecule has 1 heterocycles. The number of halogens is 1. The minimum atomic E-state index is 0.0275.